The van der Waals surface area contributed by atoms with E-state index in [1.54, 1.807) is 20.8 Å². The van der Waals surface area contributed by atoms with Crippen molar-refractivity contribution in [1.82, 2.24) is 5.32 Å². The Balaban J connectivity index is 4.88. The number of carbonyl (C=O) groups is 2. The van der Waals surface area contributed by atoms with Crippen LogP contribution in [0.1, 0.15) is 33.6 Å². The van der Waals surface area contributed by atoms with Crippen LogP contribution in [0.25, 0.3) is 0 Å². The number of aliphatic hydroxyl groups excluding tert-OH is 1. The van der Waals surface area contributed by atoms with Crippen molar-refractivity contribution in [2.45, 2.75) is 45.3 Å². The van der Waals surface area contributed by atoms with E-state index in [1.807, 2.05) is 0 Å². The Morgan fingerprint density at radius 2 is 1.82 bits per heavy atom. The third-order valence-corrected chi connectivity index (χ3v) is 2.43. The molecule has 0 aromatic heterocycles. The monoisotopic (exact) mass is 315 g/mol. The average Bonchev–Trinajstić information content (AvgIpc) is 2.37. The predicted octanol–water partition coefficient (Wildman–Crippen LogP) is 2.43. The molecule has 0 aliphatic rings. The Labute approximate surface area is 130 Å². The van der Waals surface area contributed by atoms with Gasteiger partial charge in [-0.2, -0.15) is 0 Å². The van der Waals surface area contributed by atoms with Gasteiger partial charge in [0.2, 0.25) is 0 Å². The zero-order valence-corrected chi connectivity index (χ0v) is 13.8. The van der Waals surface area contributed by atoms with Gasteiger partial charge in [0.05, 0.1) is 26.7 Å². The van der Waals surface area contributed by atoms with Crippen molar-refractivity contribution >= 4 is 11.9 Å². The number of aliphatic hydroxyl groups is 1. The van der Waals surface area contributed by atoms with Gasteiger partial charge in [-0.05, 0) is 27.2 Å². The predicted molar refractivity (Wildman–Crippen MR) is 81.3 cm³/mol. The molecule has 0 bridgehead atoms. The summed E-state index contributed by atoms with van der Waals surface area (Å²) in [5, 5.41) is 12.2. The van der Waals surface area contributed by atoms with E-state index in [0.29, 0.717) is 0 Å². The molecule has 126 valence electrons. The molecule has 0 aromatic carbocycles. The summed E-state index contributed by atoms with van der Waals surface area (Å²) >= 11 is 0. The Bertz CT molecular complexity index is 430. The van der Waals surface area contributed by atoms with E-state index in [0.717, 1.165) is 0 Å². The third-order valence-electron chi connectivity index (χ3n) is 2.43. The van der Waals surface area contributed by atoms with Gasteiger partial charge >= 0.3 is 12.0 Å². The molecule has 1 atom stereocenters. The van der Waals surface area contributed by atoms with E-state index in [1.165, 1.54) is 20.3 Å². The summed E-state index contributed by atoms with van der Waals surface area (Å²) < 4.78 is 14.6. The van der Waals surface area contributed by atoms with E-state index >= 15 is 0 Å². The SMILES string of the molecule is C=CCC(NC(=O)OC(C)(C)C)C(=O)CC(O)=C(OC)OC. The van der Waals surface area contributed by atoms with Crippen molar-refractivity contribution in [3.05, 3.63) is 24.4 Å². The minimum absolute atomic E-state index is 0.150. The molecule has 22 heavy (non-hydrogen) atoms. The van der Waals surface area contributed by atoms with Gasteiger partial charge in [0.1, 0.15) is 5.60 Å². The first-order chi connectivity index (χ1) is 10.1. The first kappa shape index (κ1) is 19.8. The number of Topliss-reactive ketones (excluding diaryl/α,β-unsaturated/α-hetero) is 1. The number of methoxy groups -OCH3 is 2. The summed E-state index contributed by atoms with van der Waals surface area (Å²) in [7, 11) is 2.61. The summed E-state index contributed by atoms with van der Waals surface area (Å²) in [6.45, 7) is 8.69. The fourth-order valence-corrected chi connectivity index (χ4v) is 1.57. The minimum atomic E-state index is -0.857. The first-order valence-electron chi connectivity index (χ1n) is 6.77. The van der Waals surface area contributed by atoms with Crippen LogP contribution in [0, 0.1) is 0 Å². The summed E-state index contributed by atoms with van der Waals surface area (Å²) in [6, 6.07) is -0.857. The second kappa shape index (κ2) is 8.96. The van der Waals surface area contributed by atoms with Crippen LogP contribution in [0.4, 0.5) is 4.79 Å². The summed E-state index contributed by atoms with van der Waals surface area (Å²) in [4.78, 5) is 23.9. The quantitative estimate of drug-likeness (QED) is 0.528. The van der Waals surface area contributed by atoms with Crippen LogP contribution in [0.3, 0.4) is 0 Å². The molecule has 0 rings (SSSR count). The molecule has 2 N–H and O–H groups in total. The van der Waals surface area contributed by atoms with Gasteiger partial charge in [-0.15, -0.1) is 6.58 Å². The lowest BCUT2D eigenvalue weighted by molar-refractivity contribution is -0.121. The summed E-state index contributed by atoms with van der Waals surface area (Å²) in [5.74, 6) is -0.923. The number of nitrogens with one attached hydrogen (secondary N) is 1. The number of hydrogen-bond donors (Lipinski definition) is 2. The van der Waals surface area contributed by atoms with Gasteiger partial charge in [0.15, 0.2) is 11.5 Å². The molecule has 1 amide bonds. The average molecular weight is 315 g/mol. The van der Waals surface area contributed by atoms with Crippen molar-refractivity contribution < 1.29 is 28.9 Å². The normalized spacial score (nSPS) is 11.9. The molecule has 0 saturated heterocycles. The Hall–Kier alpha value is -2.18. The number of rotatable bonds is 8. The number of hydrogen-bond acceptors (Lipinski definition) is 6. The van der Waals surface area contributed by atoms with Gasteiger partial charge in [0, 0.05) is 0 Å². The van der Waals surface area contributed by atoms with Crippen LogP contribution < -0.4 is 5.32 Å². The van der Waals surface area contributed by atoms with Crippen molar-refractivity contribution in [2.24, 2.45) is 0 Å². The molecule has 0 fully saturated rings. The highest BCUT2D eigenvalue weighted by Crippen LogP contribution is 2.12. The van der Waals surface area contributed by atoms with Crippen LogP contribution in [0.15, 0.2) is 24.4 Å². The molecule has 0 saturated carbocycles. The van der Waals surface area contributed by atoms with Crippen LogP contribution in [-0.4, -0.2) is 42.8 Å². The van der Waals surface area contributed by atoms with Gasteiger partial charge in [0.25, 0.3) is 0 Å². The summed E-state index contributed by atoms with van der Waals surface area (Å²) in [5.41, 5.74) is -0.673. The van der Waals surface area contributed by atoms with Crippen LogP contribution in [0.2, 0.25) is 0 Å². The van der Waals surface area contributed by atoms with Gasteiger partial charge in [-0.1, -0.05) is 6.08 Å². The summed E-state index contributed by atoms with van der Waals surface area (Å²) in [6.07, 6.45) is 0.648. The lowest BCUT2D eigenvalue weighted by Crippen LogP contribution is -2.43. The third kappa shape index (κ3) is 7.56. The molecule has 0 heterocycles. The maximum atomic E-state index is 12.2. The van der Waals surface area contributed by atoms with Crippen LogP contribution >= 0.6 is 0 Å². The maximum absolute atomic E-state index is 12.2. The standard InChI is InChI=1S/C15H25NO6/c1-7-8-10(16-14(19)22-15(2,3)4)11(17)9-12(18)13(20-5)21-6/h7,10,18H,1,8-9H2,2-6H3,(H,16,19). The molecule has 0 aliphatic heterocycles. The Morgan fingerprint density at radius 3 is 2.23 bits per heavy atom. The van der Waals surface area contributed by atoms with E-state index in [9.17, 15) is 14.7 Å². The molecule has 0 aromatic rings. The number of carbonyl (C=O) groups excluding carboxylic acids is 2. The van der Waals surface area contributed by atoms with Crippen molar-refractivity contribution in [3.8, 4) is 0 Å². The minimum Gasteiger partial charge on any atom is -0.505 e. The van der Waals surface area contributed by atoms with Gasteiger partial charge in [-0.25, -0.2) is 4.79 Å². The molecular formula is C15H25NO6. The zero-order valence-electron chi connectivity index (χ0n) is 13.8. The van der Waals surface area contributed by atoms with Crippen LogP contribution in [-0.2, 0) is 19.0 Å². The van der Waals surface area contributed by atoms with Crippen molar-refractivity contribution in [3.63, 3.8) is 0 Å². The van der Waals surface area contributed by atoms with E-state index in [2.05, 4.69) is 11.9 Å². The van der Waals surface area contributed by atoms with Crippen molar-refractivity contribution in [2.75, 3.05) is 14.2 Å². The number of ketones is 1. The molecule has 0 radical (unpaired) electrons. The molecule has 0 spiro atoms. The molecule has 1 unspecified atom stereocenters. The van der Waals surface area contributed by atoms with E-state index < -0.39 is 23.5 Å². The molecular weight excluding hydrogens is 290 g/mol. The fraction of sp³-hybridized carbons (Fsp3) is 0.600. The van der Waals surface area contributed by atoms with Gasteiger partial charge < -0.3 is 24.6 Å². The Kier molecular flexibility index (Phi) is 8.08. The van der Waals surface area contributed by atoms with E-state index in [-0.39, 0.29) is 24.5 Å². The highest BCUT2D eigenvalue weighted by atomic mass is 16.7. The van der Waals surface area contributed by atoms with Crippen LogP contribution in [0.5, 0.6) is 0 Å². The zero-order chi connectivity index (χ0) is 17.3. The topological polar surface area (TPSA) is 94.1 Å². The fourth-order valence-electron chi connectivity index (χ4n) is 1.57. The first-order valence-corrected chi connectivity index (χ1v) is 6.77. The highest BCUT2D eigenvalue weighted by molar-refractivity contribution is 5.89. The highest BCUT2D eigenvalue weighted by Gasteiger charge is 2.25. The number of alkyl carbamates (subject to hydrolysis) is 1. The lowest BCUT2D eigenvalue weighted by Gasteiger charge is -2.22. The second-order valence-electron chi connectivity index (χ2n) is 5.51. The molecule has 7 nitrogen and oxygen atoms in total. The molecule has 7 heteroatoms. The maximum Gasteiger partial charge on any atom is 0.408 e. The number of allylic oxidation sites excluding steroid dienone is 1. The van der Waals surface area contributed by atoms with Crippen molar-refractivity contribution in [1.29, 1.82) is 0 Å². The smallest absolute Gasteiger partial charge is 0.408 e. The number of ether oxygens (including phenoxy) is 3. The van der Waals surface area contributed by atoms with E-state index in [4.69, 9.17) is 14.2 Å². The van der Waals surface area contributed by atoms with Gasteiger partial charge in [-0.3, -0.25) is 4.79 Å². The molecule has 0 aliphatic carbocycles. The number of amides is 1. The second-order valence-corrected chi connectivity index (χ2v) is 5.51. The largest absolute Gasteiger partial charge is 0.505 e. The lowest BCUT2D eigenvalue weighted by atomic mass is 10.1. The Morgan fingerprint density at radius 1 is 1.27 bits per heavy atom.